The Kier molecular flexibility index (Phi) is 4.11. The van der Waals surface area contributed by atoms with E-state index in [9.17, 15) is 4.79 Å². The summed E-state index contributed by atoms with van der Waals surface area (Å²) in [6.45, 7) is 1.95. The molecule has 3 nitrogen and oxygen atoms in total. The first-order valence-electron chi connectivity index (χ1n) is 6.33. The molecule has 2 rings (SSSR count). The predicted octanol–water partition coefficient (Wildman–Crippen LogP) is 3.43. The number of hydrogen-bond donors (Lipinski definition) is 2. The van der Waals surface area contributed by atoms with E-state index in [0.29, 0.717) is 10.7 Å². The number of carbonyl (C=O) groups is 1. The van der Waals surface area contributed by atoms with Crippen LogP contribution in [0.25, 0.3) is 0 Å². The Labute approximate surface area is 123 Å². The highest BCUT2D eigenvalue weighted by molar-refractivity contribution is 7.80. The van der Waals surface area contributed by atoms with Crippen molar-refractivity contribution < 1.29 is 4.79 Å². The fourth-order valence-corrected chi connectivity index (χ4v) is 3.00. The van der Waals surface area contributed by atoms with Crippen molar-refractivity contribution in [1.29, 1.82) is 0 Å². The van der Waals surface area contributed by atoms with E-state index in [1.807, 2.05) is 19.1 Å². The molecule has 1 saturated carbocycles. The molecule has 1 aliphatic rings. The molecule has 0 aromatic heterocycles. The van der Waals surface area contributed by atoms with Crippen LogP contribution in [0.2, 0.25) is 5.02 Å². The average molecular weight is 297 g/mol. The highest BCUT2D eigenvalue weighted by atomic mass is 35.5. The number of aryl methyl sites for hydroxylation is 1. The minimum Gasteiger partial charge on any atom is -0.392 e. The van der Waals surface area contributed by atoms with Gasteiger partial charge < -0.3 is 11.1 Å². The normalized spacial score (nSPS) is 17.2. The van der Waals surface area contributed by atoms with Gasteiger partial charge in [-0.25, -0.2) is 0 Å². The zero-order chi connectivity index (χ0) is 14.0. The molecule has 0 bridgehead atoms. The van der Waals surface area contributed by atoms with E-state index in [4.69, 9.17) is 29.6 Å². The van der Waals surface area contributed by atoms with Crippen LogP contribution in [0.3, 0.4) is 0 Å². The van der Waals surface area contributed by atoms with E-state index >= 15 is 0 Å². The van der Waals surface area contributed by atoms with Gasteiger partial charge in [-0.1, -0.05) is 42.7 Å². The Bertz CT molecular complexity index is 524. The second-order valence-electron chi connectivity index (χ2n) is 5.09. The molecule has 1 aliphatic carbocycles. The van der Waals surface area contributed by atoms with Crippen molar-refractivity contribution in [3.63, 3.8) is 0 Å². The molecular formula is C14H17ClN2OS. The summed E-state index contributed by atoms with van der Waals surface area (Å²) < 4.78 is 0. The lowest BCUT2D eigenvalue weighted by Gasteiger charge is -2.26. The summed E-state index contributed by atoms with van der Waals surface area (Å²) in [6, 6.07) is 5.52. The Morgan fingerprint density at radius 3 is 2.63 bits per heavy atom. The summed E-state index contributed by atoms with van der Waals surface area (Å²) >= 11 is 11.2. The first-order valence-corrected chi connectivity index (χ1v) is 7.12. The van der Waals surface area contributed by atoms with Crippen LogP contribution >= 0.6 is 23.8 Å². The lowest BCUT2D eigenvalue weighted by Crippen LogP contribution is -2.44. The molecule has 19 heavy (non-hydrogen) atoms. The van der Waals surface area contributed by atoms with Crippen molar-refractivity contribution in [2.24, 2.45) is 11.1 Å². The van der Waals surface area contributed by atoms with Crippen LogP contribution in [0.4, 0.5) is 5.69 Å². The molecule has 0 atom stereocenters. The summed E-state index contributed by atoms with van der Waals surface area (Å²) in [6.07, 6.45) is 3.40. The van der Waals surface area contributed by atoms with Gasteiger partial charge in [-0.05, 0) is 37.5 Å². The van der Waals surface area contributed by atoms with Crippen LogP contribution in [0, 0.1) is 12.3 Å². The highest BCUT2D eigenvalue weighted by Crippen LogP contribution is 2.40. The largest absolute Gasteiger partial charge is 0.392 e. The summed E-state index contributed by atoms with van der Waals surface area (Å²) in [5.74, 6) is -0.134. The summed E-state index contributed by atoms with van der Waals surface area (Å²) in [7, 11) is 0. The molecular weight excluding hydrogens is 280 g/mol. The van der Waals surface area contributed by atoms with Crippen molar-refractivity contribution in [2.45, 2.75) is 32.6 Å². The second-order valence-corrected chi connectivity index (χ2v) is 5.94. The van der Waals surface area contributed by atoms with Gasteiger partial charge in [-0.15, -0.1) is 0 Å². The van der Waals surface area contributed by atoms with Gasteiger partial charge in [-0.2, -0.15) is 0 Å². The number of anilines is 1. The van der Waals surface area contributed by atoms with E-state index in [1.54, 1.807) is 6.07 Å². The number of benzene rings is 1. The Balaban J connectivity index is 2.25. The lowest BCUT2D eigenvalue weighted by atomic mass is 9.85. The number of amides is 1. The van der Waals surface area contributed by atoms with E-state index in [2.05, 4.69) is 5.32 Å². The fraction of sp³-hybridized carbons (Fsp3) is 0.429. The van der Waals surface area contributed by atoms with E-state index in [-0.39, 0.29) is 10.9 Å². The molecule has 102 valence electrons. The number of nitrogens with two attached hydrogens (primary N) is 1. The van der Waals surface area contributed by atoms with Crippen LogP contribution in [0.15, 0.2) is 18.2 Å². The molecule has 0 unspecified atom stereocenters. The Morgan fingerprint density at radius 2 is 2.05 bits per heavy atom. The van der Waals surface area contributed by atoms with Gasteiger partial charge in [0.2, 0.25) is 5.91 Å². The Hall–Kier alpha value is -1.13. The average Bonchev–Trinajstić information content (AvgIpc) is 2.84. The van der Waals surface area contributed by atoms with Crippen molar-refractivity contribution in [2.75, 3.05) is 5.32 Å². The van der Waals surface area contributed by atoms with Crippen molar-refractivity contribution >= 4 is 40.4 Å². The topological polar surface area (TPSA) is 55.1 Å². The van der Waals surface area contributed by atoms with Crippen LogP contribution in [0.5, 0.6) is 0 Å². The molecule has 0 saturated heterocycles. The third kappa shape index (κ3) is 2.74. The number of halogens is 1. The highest BCUT2D eigenvalue weighted by Gasteiger charge is 2.44. The Morgan fingerprint density at radius 1 is 1.42 bits per heavy atom. The number of carbonyl (C=O) groups excluding carboxylic acids is 1. The van der Waals surface area contributed by atoms with Crippen molar-refractivity contribution in [1.82, 2.24) is 0 Å². The third-order valence-corrected chi connectivity index (χ3v) is 4.45. The smallest absolute Gasteiger partial charge is 0.237 e. The molecule has 1 aromatic rings. The zero-order valence-electron chi connectivity index (χ0n) is 10.8. The predicted molar refractivity (Wildman–Crippen MR) is 82.5 cm³/mol. The maximum atomic E-state index is 12.5. The van der Waals surface area contributed by atoms with Crippen LogP contribution in [-0.4, -0.2) is 10.9 Å². The van der Waals surface area contributed by atoms with Gasteiger partial charge in [0.05, 0.1) is 21.1 Å². The van der Waals surface area contributed by atoms with E-state index < -0.39 is 5.41 Å². The maximum absolute atomic E-state index is 12.5. The van der Waals surface area contributed by atoms with Crippen molar-refractivity contribution in [3.8, 4) is 0 Å². The van der Waals surface area contributed by atoms with Gasteiger partial charge >= 0.3 is 0 Å². The van der Waals surface area contributed by atoms with Gasteiger partial charge in [0.15, 0.2) is 0 Å². The molecule has 5 heteroatoms. The van der Waals surface area contributed by atoms with Crippen molar-refractivity contribution in [3.05, 3.63) is 28.8 Å². The van der Waals surface area contributed by atoms with Crippen LogP contribution in [-0.2, 0) is 4.79 Å². The number of rotatable bonds is 3. The van der Waals surface area contributed by atoms with Crippen LogP contribution in [0.1, 0.15) is 31.2 Å². The number of nitrogens with one attached hydrogen (secondary N) is 1. The van der Waals surface area contributed by atoms with E-state index in [0.717, 1.165) is 31.2 Å². The summed E-state index contributed by atoms with van der Waals surface area (Å²) in [5, 5.41) is 3.40. The molecule has 0 aliphatic heterocycles. The molecule has 1 fully saturated rings. The minimum atomic E-state index is -0.706. The monoisotopic (exact) mass is 296 g/mol. The lowest BCUT2D eigenvalue weighted by molar-refractivity contribution is -0.122. The molecule has 0 spiro atoms. The molecule has 1 amide bonds. The first-order chi connectivity index (χ1) is 8.95. The third-order valence-electron chi connectivity index (χ3n) is 3.73. The molecule has 3 N–H and O–H groups in total. The zero-order valence-corrected chi connectivity index (χ0v) is 12.4. The van der Waals surface area contributed by atoms with Gasteiger partial charge in [-0.3, -0.25) is 4.79 Å². The minimum absolute atomic E-state index is 0.134. The number of thiocarbonyl (C=S) groups is 1. The summed E-state index contributed by atoms with van der Waals surface area (Å²) in [5.41, 5.74) is 6.74. The fourth-order valence-electron chi connectivity index (χ4n) is 2.54. The molecule has 0 heterocycles. The quantitative estimate of drug-likeness (QED) is 0.840. The standard InChI is InChI=1S/C14H17ClN2OS/c1-9-4-5-10(15)11(8-9)17-13(18)14(12(16)19)6-2-3-7-14/h4-5,8H,2-3,6-7H2,1H3,(H2,16,19)(H,17,18). The first kappa shape index (κ1) is 14.3. The summed E-state index contributed by atoms with van der Waals surface area (Å²) in [4.78, 5) is 12.8. The van der Waals surface area contributed by atoms with Gasteiger partial charge in [0.25, 0.3) is 0 Å². The molecule has 0 radical (unpaired) electrons. The van der Waals surface area contributed by atoms with E-state index in [1.165, 1.54) is 0 Å². The van der Waals surface area contributed by atoms with Crippen LogP contribution < -0.4 is 11.1 Å². The maximum Gasteiger partial charge on any atom is 0.237 e. The molecule has 1 aromatic carbocycles. The van der Waals surface area contributed by atoms with Gasteiger partial charge in [0, 0.05) is 0 Å². The SMILES string of the molecule is Cc1ccc(Cl)c(NC(=O)C2(C(N)=S)CCCC2)c1. The number of hydrogen-bond acceptors (Lipinski definition) is 2. The second kappa shape index (κ2) is 5.47. The van der Waals surface area contributed by atoms with Gasteiger partial charge in [0.1, 0.15) is 0 Å².